The number of halogens is 1. The van der Waals surface area contributed by atoms with Crippen molar-refractivity contribution in [2.75, 3.05) is 13.3 Å². The minimum absolute atomic E-state index is 0.341. The summed E-state index contributed by atoms with van der Waals surface area (Å²) in [6.45, 7) is 3.40. The summed E-state index contributed by atoms with van der Waals surface area (Å²) < 4.78 is 22.8. The molecular formula is C12H18ClNO2S. The van der Waals surface area contributed by atoms with Gasteiger partial charge in [-0.1, -0.05) is 29.8 Å². The molecule has 0 aliphatic heterocycles. The van der Waals surface area contributed by atoms with E-state index in [9.17, 15) is 8.42 Å². The van der Waals surface area contributed by atoms with Gasteiger partial charge in [-0.05, 0) is 32.5 Å². The quantitative estimate of drug-likeness (QED) is 0.918. The summed E-state index contributed by atoms with van der Waals surface area (Å²) in [5.74, 6) is 0. The first-order valence-corrected chi connectivity index (χ1v) is 7.60. The van der Waals surface area contributed by atoms with E-state index in [-0.39, 0.29) is 6.04 Å². The Morgan fingerprint density at radius 3 is 2.24 bits per heavy atom. The lowest BCUT2D eigenvalue weighted by Crippen LogP contribution is -2.43. The molecule has 1 atom stereocenters. The molecule has 0 heterocycles. The van der Waals surface area contributed by atoms with Gasteiger partial charge in [-0.2, -0.15) is 0 Å². The van der Waals surface area contributed by atoms with Crippen LogP contribution in [0.1, 0.15) is 25.5 Å². The average Bonchev–Trinajstić information content (AvgIpc) is 2.20. The Balaban J connectivity index is 3.31. The molecule has 0 aliphatic rings. The summed E-state index contributed by atoms with van der Waals surface area (Å²) in [6, 6.07) is 6.94. The first-order chi connectivity index (χ1) is 7.71. The maximum absolute atomic E-state index is 11.9. The van der Waals surface area contributed by atoms with Crippen molar-refractivity contribution in [3.05, 3.63) is 34.9 Å². The normalized spacial score (nSPS) is 14.6. The van der Waals surface area contributed by atoms with Crippen LogP contribution in [-0.2, 0) is 9.84 Å². The second kappa shape index (κ2) is 4.96. The Morgan fingerprint density at radius 1 is 1.29 bits per heavy atom. The SMILES string of the molecule is CNC(c1ccccc1Cl)C(C)(C)S(C)(=O)=O. The number of hydrogen-bond donors (Lipinski definition) is 1. The molecule has 0 spiro atoms. The number of rotatable bonds is 4. The van der Waals surface area contributed by atoms with Gasteiger partial charge in [0.05, 0.1) is 10.8 Å². The van der Waals surface area contributed by atoms with Crippen LogP contribution < -0.4 is 5.32 Å². The predicted octanol–water partition coefficient (Wildman–Crippen LogP) is 2.42. The number of benzene rings is 1. The number of sulfone groups is 1. The molecule has 0 saturated heterocycles. The fourth-order valence-electron chi connectivity index (χ4n) is 1.80. The molecule has 0 radical (unpaired) electrons. The van der Waals surface area contributed by atoms with Crippen LogP contribution >= 0.6 is 11.6 Å². The highest BCUT2D eigenvalue weighted by atomic mass is 35.5. The standard InChI is InChI=1S/C12H18ClNO2S/c1-12(2,17(4,15)16)11(14-3)9-7-5-6-8-10(9)13/h5-8,11,14H,1-4H3. The molecular weight excluding hydrogens is 258 g/mol. The summed E-state index contributed by atoms with van der Waals surface area (Å²) >= 11 is 6.12. The van der Waals surface area contributed by atoms with Crippen LogP contribution in [-0.4, -0.2) is 26.5 Å². The number of nitrogens with one attached hydrogen (secondary N) is 1. The van der Waals surface area contributed by atoms with Crippen molar-refractivity contribution in [2.24, 2.45) is 0 Å². The molecule has 3 nitrogen and oxygen atoms in total. The van der Waals surface area contributed by atoms with Gasteiger partial charge in [0.15, 0.2) is 9.84 Å². The molecule has 1 unspecified atom stereocenters. The zero-order chi connectivity index (χ0) is 13.3. The Morgan fingerprint density at radius 2 is 1.82 bits per heavy atom. The van der Waals surface area contributed by atoms with Gasteiger partial charge in [-0.15, -0.1) is 0 Å². The van der Waals surface area contributed by atoms with Gasteiger partial charge in [0.2, 0.25) is 0 Å². The molecule has 96 valence electrons. The van der Waals surface area contributed by atoms with Gasteiger partial charge in [0, 0.05) is 11.3 Å². The molecule has 0 amide bonds. The smallest absolute Gasteiger partial charge is 0.154 e. The molecule has 17 heavy (non-hydrogen) atoms. The third-order valence-corrected chi connectivity index (χ3v) is 5.65. The van der Waals surface area contributed by atoms with Crippen LogP contribution in [0.4, 0.5) is 0 Å². The van der Waals surface area contributed by atoms with Crippen LogP contribution in [0.5, 0.6) is 0 Å². The molecule has 1 aromatic carbocycles. The highest BCUT2D eigenvalue weighted by molar-refractivity contribution is 7.92. The summed E-state index contributed by atoms with van der Waals surface area (Å²) in [4.78, 5) is 0. The second-order valence-corrected chi connectivity index (χ2v) is 7.62. The summed E-state index contributed by atoms with van der Waals surface area (Å²) in [7, 11) is -1.46. The van der Waals surface area contributed by atoms with E-state index in [2.05, 4.69) is 5.32 Å². The molecule has 1 rings (SSSR count). The topological polar surface area (TPSA) is 46.2 Å². The van der Waals surface area contributed by atoms with Crippen molar-refractivity contribution in [3.8, 4) is 0 Å². The molecule has 0 fully saturated rings. The summed E-state index contributed by atoms with van der Waals surface area (Å²) in [5, 5.41) is 3.62. The van der Waals surface area contributed by atoms with Crippen molar-refractivity contribution in [1.29, 1.82) is 0 Å². The molecule has 0 aliphatic carbocycles. The van der Waals surface area contributed by atoms with E-state index >= 15 is 0 Å². The van der Waals surface area contributed by atoms with Gasteiger partial charge >= 0.3 is 0 Å². The van der Waals surface area contributed by atoms with Gasteiger partial charge in [-0.25, -0.2) is 8.42 Å². The van der Waals surface area contributed by atoms with E-state index in [1.165, 1.54) is 6.26 Å². The molecule has 0 bridgehead atoms. The van der Waals surface area contributed by atoms with E-state index in [0.717, 1.165) is 5.56 Å². The van der Waals surface area contributed by atoms with Crippen LogP contribution in [0.25, 0.3) is 0 Å². The van der Waals surface area contributed by atoms with Gasteiger partial charge in [-0.3, -0.25) is 0 Å². The van der Waals surface area contributed by atoms with Crippen molar-refractivity contribution in [1.82, 2.24) is 5.32 Å². The Hall–Kier alpha value is -0.580. The Bertz CT molecular complexity index is 497. The lowest BCUT2D eigenvalue weighted by atomic mass is 9.95. The van der Waals surface area contributed by atoms with E-state index in [1.54, 1.807) is 27.0 Å². The maximum Gasteiger partial charge on any atom is 0.154 e. The molecule has 0 saturated carbocycles. The monoisotopic (exact) mass is 275 g/mol. The molecule has 1 N–H and O–H groups in total. The molecule has 5 heteroatoms. The maximum atomic E-state index is 11.9. The van der Waals surface area contributed by atoms with Crippen LogP contribution in [0.15, 0.2) is 24.3 Å². The first kappa shape index (κ1) is 14.5. The predicted molar refractivity (Wildman–Crippen MR) is 72.2 cm³/mol. The van der Waals surface area contributed by atoms with E-state index in [1.807, 2.05) is 18.2 Å². The Labute approximate surface area is 108 Å². The van der Waals surface area contributed by atoms with Gasteiger partial charge < -0.3 is 5.32 Å². The third-order valence-electron chi connectivity index (χ3n) is 3.16. The van der Waals surface area contributed by atoms with Crippen LogP contribution in [0, 0.1) is 0 Å². The molecule has 0 aromatic heterocycles. The van der Waals surface area contributed by atoms with Gasteiger partial charge in [0.25, 0.3) is 0 Å². The van der Waals surface area contributed by atoms with Crippen molar-refractivity contribution in [3.63, 3.8) is 0 Å². The first-order valence-electron chi connectivity index (χ1n) is 5.33. The highest BCUT2D eigenvalue weighted by Crippen LogP contribution is 2.35. The Kier molecular flexibility index (Phi) is 4.23. The lowest BCUT2D eigenvalue weighted by molar-refractivity contribution is 0.446. The van der Waals surface area contributed by atoms with Crippen molar-refractivity contribution in [2.45, 2.75) is 24.6 Å². The number of hydrogen-bond acceptors (Lipinski definition) is 3. The van der Waals surface area contributed by atoms with Gasteiger partial charge in [0.1, 0.15) is 0 Å². The van der Waals surface area contributed by atoms with E-state index in [0.29, 0.717) is 5.02 Å². The minimum atomic E-state index is -3.20. The fourth-order valence-corrected chi connectivity index (χ4v) is 2.72. The third kappa shape index (κ3) is 2.81. The summed E-state index contributed by atoms with van der Waals surface area (Å²) in [5.41, 5.74) is 0.798. The largest absolute Gasteiger partial charge is 0.312 e. The molecule has 1 aromatic rings. The zero-order valence-electron chi connectivity index (χ0n) is 10.5. The second-order valence-electron chi connectivity index (χ2n) is 4.62. The average molecular weight is 276 g/mol. The van der Waals surface area contributed by atoms with Crippen molar-refractivity contribution < 1.29 is 8.42 Å². The lowest BCUT2D eigenvalue weighted by Gasteiger charge is -2.33. The highest BCUT2D eigenvalue weighted by Gasteiger charge is 2.39. The van der Waals surface area contributed by atoms with E-state index < -0.39 is 14.6 Å². The van der Waals surface area contributed by atoms with E-state index in [4.69, 9.17) is 11.6 Å². The van der Waals surface area contributed by atoms with Crippen LogP contribution in [0.2, 0.25) is 5.02 Å². The zero-order valence-corrected chi connectivity index (χ0v) is 12.1. The van der Waals surface area contributed by atoms with Crippen molar-refractivity contribution >= 4 is 21.4 Å². The fraction of sp³-hybridized carbons (Fsp3) is 0.500. The van der Waals surface area contributed by atoms with Crippen LogP contribution in [0.3, 0.4) is 0 Å². The summed E-state index contributed by atoms with van der Waals surface area (Å²) in [6.07, 6.45) is 1.24. The minimum Gasteiger partial charge on any atom is -0.312 e.